The highest BCUT2D eigenvalue weighted by Gasteiger charge is 2.22. The Hall–Kier alpha value is -2.68. The van der Waals surface area contributed by atoms with Crippen molar-refractivity contribution in [3.8, 4) is 10.7 Å². The number of Topliss-reactive ketones (excluding diaryl/α,β-unsaturated/α-hetero) is 1. The molecule has 4 heterocycles. The number of aromatic nitrogens is 4. The number of carbonyl (C=O) groups is 1. The van der Waals surface area contributed by atoms with Crippen LogP contribution in [0.2, 0.25) is 0 Å². The molecular formula is C26H28N4O2S2. The van der Waals surface area contributed by atoms with Gasteiger partial charge >= 0.3 is 0 Å². The predicted molar refractivity (Wildman–Crippen MR) is 137 cm³/mol. The average molecular weight is 493 g/mol. The summed E-state index contributed by atoms with van der Waals surface area (Å²) in [7, 11) is 0. The van der Waals surface area contributed by atoms with Gasteiger partial charge in [0.2, 0.25) is 0 Å². The lowest BCUT2D eigenvalue weighted by Crippen LogP contribution is -2.17. The minimum Gasteiger partial charge on any atom is -0.376 e. The zero-order valence-corrected chi connectivity index (χ0v) is 21.1. The smallest absolute Gasteiger partial charge is 0.192 e. The summed E-state index contributed by atoms with van der Waals surface area (Å²) in [6, 6.07) is 16.4. The Kier molecular flexibility index (Phi) is 6.99. The molecular weight excluding hydrogens is 464 g/mol. The number of hydrogen-bond donors (Lipinski definition) is 0. The van der Waals surface area contributed by atoms with Crippen molar-refractivity contribution in [3.63, 3.8) is 0 Å². The molecule has 5 rings (SSSR count). The van der Waals surface area contributed by atoms with E-state index < -0.39 is 0 Å². The van der Waals surface area contributed by atoms with Gasteiger partial charge in [-0.15, -0.1) is 21.5 Å². The van der Waals surface area contributed by atoms with Crippen LogP contribution in [-0.2, 0) is 17.8 Å². The van der Waals surface area contributed by atoms with E-state index in [-0.39, 0.29) is 11.9 Å². The summed E-state index contributed by atoms with van der Waals surface area (Å²) in [6.07, 6.45) is 2.44. The number of hydrogen-bond acceptors (Lipinski definition) is 6. The van der Waals surface area contributed by atoms with Gasteiger partial charge in [-0.2, -0.15) is 0 Å². The molecule has 1 fully saturated rings. The lowest BCUT2D eigenvalue weighted by molar-refractivity contribution is 0.0957. The normalized spacial score (nSPS) is 15.8. The van der Waals surface area contributed by atoms with Gasteiger partial charge in [-0.05, 0) is 49.8 Å². The maximum Gasteiger partial charge on any atom is 0.192 e. The van der Waals surface area contributed by atoms with Gasteiger partial charge in [0.05, 0.1) is 23.3 Å². The number of carbonyl (C=O) groups excluding carboxylic acids is 1. The van der Waals surface area contributed by atoms with Crippen molar-refractivity contribution in [1.29, 1.82) is 0 Å². The molecule has 0 aliphatic carbocycles. The van der Waals surface area contributed by atoms with Crippen LogP contribution in [-0.4, -0.2) is 43.6 Å². The first-order chi connectivity index (χ1) is 16.6. The van der Waals surface area contributed by atoms with Crippen LogP contribution in [0.4, 0.5) is 0 Å². The highest BCUT2D eigenvalue weighted by Crippen LogP contribution is 2.29. The minimum absolute atomic E-state index is 0.114. The van der Waals surface area contributed by atoms with Gasteiger partial charge in [-0.3, -0.25) is 9.36 Å². The number of ether oxygens (including phenoxy) is 1. The van der Waals surface area contributed by atoms with E-state index in [4.69, 9.17) is 4.74 Å². The summed E-state index contributed by atoms with van der Waals surface area (Å²) < 4.78 is 10.1. The molecule has 0 saturated carbocycles. The van der Waals surface area contributed by atoms with Crippen LogP contribution in [0.15, 0.2) is 59.1 Å². The molecule has 0 spiro atoms. The van der Waals surface area contributed by atoms with Crippen LogP contribution in [0.25, 0.3) is 10.7 Å². The van der Waals surface area contributed by atoms with Crippen molar-refractivity contribution in [2.45, 2.75) is 51.0 Å². The van der Waals surface area contributed by atoms with Gasteiger partial charge in [0, 0.05) is 30.1 Å². The Bertz CT molecular complexity index is 1260. The molecule has 0 N–H and O–H groups in total. The van der Waals surface area contributed by atoms with Crippen LogP contribution >= 0.6 is 23.1 Å². The van der Waals surface area contributed by atoms with E-state index in [0.717, 1.165) is 58.8 Å². The van der Waals surface area contributed by atoms with E-state index in [1.807, 2.05) is 42.6 Å². The Morgan fingerprint density at radius 3 is 2.74 bits per heavy atom. The van der Waals surface area contributed by atoms with Gasteiger partial charge in [0.15, 0.2) is 16.8 Å². The van der Waals surface area contributed by atoms with Gasteiger partial charge in [0.1, 0.15) is 0 Å². The van der Waals surface area contributed by atoms with Gasteiger partial charge in [-0.1, -0.05) is 48.2 Å². The van der Waals surface area contributed by atoms with Crippen molar-refractivity contribution in [2.75, 3.05) is 12.4 Å². The number of thioether (sulfide) groups is 1. The van der Waals surface area contributed by atoms with E-state index in [1.54, 1.807) is 11.3 Å². The molecule has 6 nitrogen and oxygen atoms in total. The lowest BCUT2D eigenvalue weighted by Gasteiger charge is -2.14. The average Bonchev–Trinajstić information content (AvgIpc) is 3.64. The largest absolute Gasteiger partial charge is 0.376 e. The third-order valence-corrected chi connectivity index (χ3v) is 8.09. The summed E-state index contributed by atoms with van der Waals surface area (Å²) in [5.74, 6) is 1.27. The Morgan fingerprint density at radius 1 is 1.15 bits per heavy atom. The SMILES string of the molecule is Cc1cc(C(=O)CSc2nnc(-c3cccs3)n2Cc2ccccc2)c(C)n1CC1CCCO1. The lowest BCUT2D eigenvalue weighted by atomic mass is 10.2. The molecule has 176 valence electrons. The second kappa shape index (κ2) is 10.3. The summed E-state index contributed by atoms with van der Waals surface area (Å²) in [6.45, 7) is 6.41. The predicted octanol–water partition coefficient (Wildman–Crippen LogP) is 5.63. The number of aryl methyl sites for hydroxylation is 1. The first-order valence-electron chi connectivity index (χ1n) is 11.6. The van der Waals surface area contributed by atoms with E-state index in [2.05, 4.69) is 44.5 Å². The summed E-state index contributed by atoms with van der Waals surface area (Å²) in [5.41, 5.74) is 4.08. The zero-order chi connectivity index (χ0) is 23.5. The molecule has 1 aliphatic rings. The first kappa shape index (κ1) is 23.1. The monoisotopic (exact) mass is 492 g/mol. The number of rotatable bonds is 9. The quantitative estimate of drug-likeness (QED) is 0.224. The summed E-state index contributed by atoms with van der Waals surface area (Å²) >= 11 is 3.10. The zero-order valence-electron chi connectivity index (χ0n) is 19.4. The number of thiophene rings is 1. The molecule has 3 aromatic heterocycles. The molecule has 0 radical (unpaired) electrons. The Balaban J connectivity index is 1.34. The first-order valence-corrected chi connectivity index (χ1v) is 13.4. The molecule has 8 heteroatoms. The molecule has 1 unspecified atom stereocenters. The number of ketones is 1. The highest BCUT2D eigenvalue weighted by atomic mass is 32.2. The number of nitrogens with zero attached hydrogens (tertiary/aromatic N) is 4. The van der Waals surface area contributed by atoms with Crippen molar-refractivity contribution in [2.24, 2.45) is 0 Å². The molecule has 0 bridgehead atoms. The fourth-order valence-corrected chi connectivity index (χ4v) is 5.99. The molecule has 1 aromatic carbocycles. The molecule has 0 amide bonds. The van der Waals surface area contributed by atoms with Gasteiger partial charge in [-0.25, -0.2) is 0 Å². The van der Waals surface area contributed by atoms with Crippen molar-refractivity contribution < 1.29 is 9.53 Å². The third-order valence-electron chi connectivity index (χ3n) is 6.26. The minimum atomic E-state index is 0.114. The molecule has 34 heavy (non-hydrogen) atoms. The van der Waals surface area contributed by atoms with Crippen molar-refractivity contribution in [3.05, 3.63) is 76.4 Å². The van der Waals surface area contributed by atoms with Crippen LogP contribution in [0, 0.1) is 13.8 Å². The van der Waals surface area contributed by atoms with Crippen LogP contribution in [0.5, 0.6) is 0 Å². The van der Waals surface area contributed by atoms with Crippen molar-refractivity contribution in [1.82, 2.24) is 19.3 Å². The molecule has 1 aliphatic heterocycles. The number of benzene rings is 1. The Morgan fingerprint density at radius 2 is 2.00 bits per heavy atom. The van der Waals surface area contributed by atoms with Crippen molar-refractivity contribution >= 4 is 28.9 Å². The van der Waals surface area contributed by atoms with Gasteiger partial charge < -0.3 is 9.30 Å². The third kappa shape index (κ3) is 4.89. The summed E-state index contributed by atoms with van der Waals surface area (Å²) in [4.78, 5) is 14.3. The second-order valence-corrected chi connectivity index (χ2v) is 10.5. The van der Waals surface area contributed by atoms with E-state index >= 15 is 0 Å². The molecule has 1 atom stereocenters. The van der Waals surface area contributed by atoms with E-state index in [1.165, 1.54) is 17.3 Å². The molecule has 4 aromatic rings. The maximum absolute atomic E-state index is 13.2. The Labute approximate surface area is 208 Å². The van der Waals surface area contributed by atoms with Gasteiger partial charge in [0.25, 0.3) is 0 Å². The summed E-state index contributed by atoms with van der Waals surface area (Å²) in [5, 5.41) is 11.7. The van der Waals surface area contributed by atoms with Crippen LogP contribution in [0.1, 0.15) is 40.2 Å². The fourth-order valence-electron chi connectivity index (χ4n) is 4.46. The van der Waals surface area contributed by atoms with Crippen LogP contribution < -0.4 is 0 Å². The molecule has 1 saturated heterocycles. The standard InChI is InChI=1S/C26H28N4O2S2/c1-18-14-22(19(2)29(18)16-21-10-6-12-32-21)23(31)17-34-26-28-27-25(24-11-7-13-33-24)30(26)15-20-8-4-3-5-9-20/h3-5,7-9,11,13-14,21H,6,10,12,15-17H2,1-2H3. The highest BCUT2D eigenvalue weighted by molar-refractivity contribution is 7.99. The fraction of sp³-hybridized carbons (Fsp3) is 0.346. The topological polar surface area (TPSA) is 61.9 Å². The van der Waals surface area contributed by atoms with E-state index in [0.29, 0.717) is 12.3 Å². The maximum atomic E-state index is 13.2. The van der Waals surface area contributed by atoms with Crippen LogP contribution in [0.3, 0.4) is 0 Å². The van der Waals surface area contributed by atoms with E-state index in [9.17, 15) is 4.79 Å². The second-order valence-electron chi connectivity index (χ2n) is 8.60.